The maximum Gasteiger partial charge on any atom is 0.257 e. The second-order valence-corrected chi connectivity index (χ2v) is 7.03. The van der Waals surface area contributed by atoms with Crippen molar-refractivity contribution in [1.82, 2.24) is 10.6 Å². The smallest absolute Gasteiger partial charge is 0.257 e. The van der Waals surface area contributed by atoms with E-state index in [-0.39, 0.29) is 11.0 Å². The highest BCUT2D eigenvalue weighted by molar-refractivity contribution is 9.10. The van der Waals surface area contributed by atoms with Crippen LogP contribution in [0.5, 0.6) is 5.75 Å². The Labute approximate surface area is 167 Å². The van der Waals surface area contributed by atoms with E-state index in [2.05, 4.69) is 33.5 Å². The van der Waals surface area contributed by atoms with Crippen LogP contribution in [0.3, 0.4) is 0 Å². The Balaban J connectivity index is 1.80. The summed E-state index contributed by atoms with van der Waals surface area (Å²) in [5, 5.41) is 5.82. The van der Waals surface area contributed by atoms with Gasteiger partial charge in [-0.1, -0.05) is 26.2 Å². The lowest BCUT2D eigenvalue weighted by atomic mass is 10.2. The molecule has 0 aliphatic rings. The van der Waals surface area contributed by atoms with Crippen molar-refractivity contribution in [3.63, 3.8) is 0 Å². The van der Waals surface area contributed by atoms with Gasteiger partial charge in [-0.15, -0.1) is 0 Å². The van der Waals surface area contributed by atoms with E-state index >= 15 is 0 Å². The zero-order valence-corrected chi connectivity index (χ0v) is 17.1. The molecule has 0 spiro atoms. The van der Waals surface area contributed by atoms with Crippen LogP contribution in [0.25, 0.3) is 0 Å². The van der Waals surface area contributed by atoms with Gasteiger partial charge >= 0.3 is 0 Å². The van der Waals surface area contributed by atoms with Gasteiger partial charge in [0.15, 0.2) is 5.11 Å². The highest BCUT2D eigenvalue weighted by atomic mass is 79.9. The van der Waals surface area contributed by atoms with Gasteiger partial charge in [-0.2, -0.15) is 0 Å². The fraction of sp³-hybridized carbons (Fsp3) is 0.368. The van der Waals surface area contributed by atoms with Crippen molar-refractivity contribution >= 4 is 39.2 Å². The molecule has 0 bridgehead atoms. The Morgan fingerprint density at radius 2 is 2.12 bits per heavy atom. The second kappa shape index (κ2) is 11.0. The minimum atomic E-state index is -0.280. The van der Waals surface area contributed by atoms with Gasteiger partial charge in [0.05, 0.1) is 23.9 Å². The first-order chi connectivity index (χ1) is 12.6. The normalized spacial score (nSPS) is 10.4. The molecule has 2 rings (SSSR count). The summed E-state index contributed by atoms with van der Waals surface area (Å²) in [7, 11) is 0. The number of nitrogens with one attached hydrogen (secondary N) is 2. The highest BCUT2D eigenvalue weighted by Crippen LogP contribution is 2.26. The Morgan fingerprint density at radius 1 is 1.27 bits per heavy atom. The monoisotopic (exact) mass is 438 g/mol. The molecule has 5 nitrogen and oxygen atoms in total. The van der Waals surface area contributed by atoms with E-state index in [0.717, 1.165) is 28.8 Å². The molecular weight excluding hydrogens is 416 g/mol. The number of amides is 1. The molecule has 1 amide bonds. The first kappa shape index (κ1) is 20.5. The standard InChI is InChI=1S/C19H23BrN2O3S/c1-2-3-4-5-10-25-17-9-8-14(12-16(17)20)18(23)22-19(26)21-13-15-7-6-11-24-15/h6-9,11-12H,2-5,10,13H2,1H3,(H2,21,22,23,26). The number of rotatable bonds is 9. The van der Waals surface area contributed by atoms with Gasteiger partial charge in [-0.25, -0.2) is 0 Å². The van der Waals surface area contributed by atoms with Crippen LogP contribution in [0.2, 0.25) is 0 Å². The van der Waals surface area contributed by atoms with E-state index in [1.54, 1.807) is 30.5 Å². The van der Waals surface area contributed by atoms with Gasteiger partial charge in [0, 0.05) is 5.56 Å². The van der Waals surface area contributed by atoms with Crippen LogP contribution in [-0.4, -0.2) is 17.6 Å². The van der Waals surface area contributed by atoms with Crippen LogP contribution in [-0.2, 0) is 6.54 Å². The Bertz CT molecular complexity index is 720. The van der Waals surface area contributed by atoms with Crippen LogP contribution in [0.15, 0.2) is 45.5 Å². The van der Waals surface area contributed by atoms with E-state index in [4.69, 9.17) is 21.4 Å². The van der Waals surface area contributed by atoms with E-state index in [0.29, 0.717) is 18.7 Å². The molecule has 0 fully saturated rings. The molecule has 1 aromatic carbocycles. The molecule has 1 aromatic heterocycles. The molecule has 0 radical (unpaired) electrons. The van der Waals surface area contributed by atoms with E-state index in [1.165, 1.54) is 12.8 Å². The average Bonchev–Trinajstić information content (AvgIpc) is 3.14. The second-order valence-electron chi connectivity index (χ2n) is 5.77. The molecule has 2 aromatic rings. The third-order valence-corrected chi connectivity index (χ3v) is 4.55. The van der Waals surface area contributed by atoms with Gasteiger partial charge < -0.3 is 14.5 Å². The van der Waals surface area contributed by atoms with Gasteiger partial charge in [0.25, 0.3) is 5.91 Å². The molecule has 1 heterocycles. The Hall–Kier alpha value is -1.86. The summed E-state index contributed by atoms with van der Waals surface area (Å²) in [5.74, 6) is 1.19. The summed E-state index contributed by atoms with van der Waals surface area (Å²) in [6.07, 6.45) is 6.20. The molecule has 0 saturated carbocycles. The predicted molar refractivity (Wildman–Crippen MR) is 109 cm³/mol. The van der Waals surface area contributed by atoms with Crippen molar-refractivity contribution in [3.05, 3.63) is 52.4 Å². The summed E-state index contributed by atoms with van der Waals surface area (Å²) in [6, 6.07) is 8.86. The minimum Gasteiger partial charge on any atom is -0.492 e. The van der Waals surface area contributed by atoms with Crippen LogP contribution < -0.4 is 15.4 Å². The molecule has 2 N–H and O–H groups in total. The first-order valence-electron chi connectivity index (χ1n) is 8.64. The number of hydrogen-bond donors (Lipinski definition) is 2. The van der Waals surface area contributed by atoms with Gasteiger partial charge in [-0.3, -0.25) is 10.1 Å². The Morgan fingerprint density at radius 3 is 2.81 bits per heavy atom. The zero-order valence-electron chi connectivity index (χ0n) is 14.7. The molecule has 0 saturated heterocycles. The lowest BCUT2D eigenvalue weighted by molar-refractivity contribution is 0.0976. The van der Waals surface area contributed by atoms with E-state index in [1.807, 2.05) is 6.07 Å². The quantitative estimate of drug-likeness (QED) is 0.434. The largest absolute Gasteiger partial charge is 0.492 e. The van der Waals surface area contributed by atoms with Crippen LogP contribution in [0.1, 0.15) is 48.7 Å². The summed E-state index contributed by atoms with van der Waals surface area (Å²) in [5.41, 5.74) is 0.498. The van der Waals surface area contributed by atoms with E-state index < -0.39 is 0 Å². The molecule has 7 heteroatoms. The number of thiocarbonyl (C=S) groups is 1. The zero-order chi connectivity index (χ0) is 18.8. The van der Waals surface area contributed by atoms with Crippen LogP contribution in [0.4, 0.5) is 0 Å². The molecule has 140 valence electrons. The SMILES string of the molecule is CCCCCCOc1ccc(C(=O)NC(=S)NCc2ccco2)cc1Br. The summed E-state index contributed by atoms with van der Waals surface area (Å²) >= 11 is 8.59. The molecule has 0 unspecified atom stereocenters. The van der Waals surface area contributed by atoms with E-state index in [9.17, 15) is 4.79 Å². The van der Waals surface area contributed by atoms with Crippen LogP contribution >= 0.6 is 28.1 Å². The van der Waals surface area contributed by atoms with Crippen molar-refractivity contribution in [2.45, 2.75) is 39.2 Å². The van der Waals surface area contributed by atoms with Crippen molar-refractivity contribution in [2.24, 2.45) is 0 Å². The minimum absolute atomic E-state index is 0.249. The highest BCUT2D eigenvalue weighted by Gasteiger charge is 2.11. The molecule has 0 aliphatic heterocycles. The summed E-state index contributed by atoms with van der Waals surface area (Å²) in [6.45, 7) is 3.27. The van der Waals surface area contributed by atoms with Gasteiger partial charge in [-0.05, 0) is 64.9 Å². The lowest BCUT2D eigenvalue weighted by Crippen LogP contribution is -2.38. The fourth-order valence-electron chi connectivity index (χ4n) is 2.27. The van der Waals surface area contributed by atoms with Gasteiger partial charge in [0.2, 0.25) is 0 Å². The fourth-order valence-corrected chi connectivity index (χ4v) is 2.93. The molecular formula is C19H23BrN2O3S. The lowest BCUT2D eigenvalue weighted by Gasteiger charge is -2.11. The van der Waals surface area contributed by atoms with Crippen molar-refractivity contribution in [3.8, 4) is 5.75 Å². The topological polar surface area (TPSA) is 63.5 Å². The number of hydrogen-bond acceptors (Lipinski definition) is 4. The number of unbranched alkanes of at least 4 members (excludes halogenated alkanes) is 3. The molecule has 26 heavy (non-hydrogen) atoms. The predicted octanol–water partition coefficient (Wildman–Crippen LogP) is 4.81. The molecule has 0 atom stereocenters. The van der Waals surface area contributed by atoms with Crippen molar-refractivity contribution in [1.29, 1.82) is 0 Å². The third-order valence-electron chi connectivity index (χ3n) is 3.68. The number of furan rings is 1. The van der Waals surface area contributed by atoms with Crippen molar-refractivity contribution in [2.75, 3.05) is 6.61 Å². The third kappa shape index (κ3) is 6.80. The number of ether oxygens (including phenoxy) is 1. The number of benzene rings is 1. The Kier molecular flexibility index (Phi) is 8.64. The van der Waals surface area contributed by atoms with Crippen molar-refractivity contribution < 1.29 is 13.9 Å². The van der Waals surface area contributed by atoms with Gasteiger partial charge in [0.1, 0.15) is 11.5 Å². The summed E-state index contributed by atoms with van der Waals surface area (Å²) in [4.78, 5) is 12.3. The number of halogens is 1. The first-order valence-corrected chi connectivity index (χ1v) is 9.84. The number of carbonyl (C=O) groups excluding carboxylic acids is 1. The summed E-state index contributed by atoms with van der Waals surface area (Å²) < 4.78 is 11.7. The average molecular weight is 439 g/mol. The number of carbonyl (C=O) groups is 1. The molecule has 0 aliphatic carbocycles. The maximum atomic E-state index is 12.3. The maximum absolute atomic E-state index is 12.3. The van der Waals surface area contributed by atoms with Crippen LogP contribution in [0, 0.1) is 0 Å².